The van der Waals surface area contributed by atoms with Crippen LogP contribution in [-0.2, 0) is 55.2 Å². The van der Waals surface area contributed by atoms with Crippen LogP contribution in [0.1, 0.15) is 34.5 Å². The summed E-state index contributed by atoms with van der Waals surface area (Å²) in [6, 6.07) is 4.98. The smallest absolute Gasteiger partial charge is 0.372 e. The van der Waals surface area contributed by atoms with Crippen molar-refractivity contribution < 1.29 is 49.1 Å². The van der Waals surface area contributed by atoms with Crippen LogP contribution in [0.25, 0.3) is 0 Å². The Balaban J connectivity index is 1.38. The molecular weight excluding hydrogens is 546 g/mol. The highest BCUT2D eigenvalue weighted by atomic mass is 32.2. The number of benzene rings is 1. The third-order valence-corrected chi connectivity index (χ3v) is 7.61. The topological polar surface area (TPSA) is 103 Å². The number of aromatic nitrogens is 2. The molecule has 5 rings (SSSR count). The Labute approximate surface area is 211 Å². The summed E-state index contributed by atoms with van der Waals surface area (Å²) in [5.74, 6) is -1.19. The molecule has 1 atom stereocenters. The Morgan fingerprint density at radius 2 is 1.82 bits per heavy atom. The number of carbonyl (C=O) groups excluding carboxylic acids is 1. The zero-order valence-electron chi connectivity index (χ0n) is 19.9. The SMILES string of the molecule is Cn1nc(C(F)(F)F)cc1C1(C(F)(F)F)CC(c2ccc3c(c2)COC32CN(C(=O)CS(C)(=O)=O)C2)=NO1. The van der Waals surface area contributed by atoms with Gasteiger partial charge in [-0.15, -0.1) is 0 Å². The number of rotatable bonds is 4. The fourth-order valence-electron chi connectivity index (χ4n) is 4.96. The van der Waals surface area contributed by atoms with Crippen molar-refractivity contribution in [2.75, 3.05) is 25.1 Å². The van der Waals surface area contributed by atoms with Gasteiger partial charge in [-0.05, 0) is 28.8 Å². The van der Waals surface area contributed by atoms with Gasteiger partial charge in [-0.25, -0.2) is 8.42 Å². The lowest BCUT2D eigenvalue weighted by Gasteiger charge is -2.47. The maximum atomic E-state index is 14.2. The Bertz CT molecular complexity index is 1460. The first-order valence-electron chi connectivity index (χ1n) is 11.1. The molecule has 1 saturated heterocycles. The minimum atomic E-state index is -5.12. The Morgan fingerprint density at radius 3 is 2.39 bits per heavy atom. The summed E-state index contributed by atoms with van der Waals surface area (Å²) in [6.45, 7) is 0.334. The molecule has 0 N–H and O–H groups in total. The number of likely N-dealkylation sites (tertiary alicyclic amines) is 1. The summed E-state index contributed by atoms with van der Waals surface area (Å²) < 4.78 is 111. The van der Waals surface area contributed by atoms with Crippen molar-refractivity contribution in [3.05, 3.63) is 52.3 Å². The van der Waals surface area contributed by atoms with E-state index >= 15 is 0 Å². The van der Waals surface area contributed by atoms with Crippen LogP contribution >= 0.6 is 0 Å². The average molecular weight is 566 g/mol. The molecule has 3 aliphatic rings. The van der Waals surface area contributed by atoms with Crippen molar-refractivity contribution in [1.82, 2.24) is 14.7 Å². The van der Waals surface area contributed by atoms with E-state index in [0.29, 0.717) is 21.9 Å². The molecule has 16 heteroatoms. The van der Waals surface area contributed by atoms with Crippen molar-refractivity contribution in [3.8, 4) is 0 Å². The number of ether oxygens (including phenoxy) is 1. The van der Waals surface area contributed by atoms with Crippen LogP contribution < -0.4 is 0 Å². The summed E-state index contributed by atoms with van der Waals surface area (Å²) >= 11 is 0. The number of amides is 1. The maximum absolute atomic E-state index is 14.2. The van der Waals surface area contributed by atoms with Gasteiger partial charge in [-0.1, -0.05) is 17.3 Å². The van der Waals surface area contributed by atoms with Gasteiger partial charge in [-0.2, -0.15) is 31.4 Å². The van der Waals surface area contributed by atoms with Crippen molar-refractivity contribution in [1.29, 1.82) is 0 Å². The molecule has 1 spiro atoms. The van der Waals surface area contributed by atoms with Crippen molar-refractivity contribution in [2.24, 2.45) is 12.2 Å². The number of nitrogens with zero attached hydrogens (tertiary/aromatic N) is 4. The fraction of sp³-hybridized carbons (Fsp3) is 0.500. The minimum Gasteiger partial charge on any atom is -0.372 e. The number of alkyl halides is 6. The van der Waals surface area contributed by atoms with Gasteiger partial charge in [0.25, 0.3) is 5.60 Å². The lowest BCUT2D eigenvalue weighted by atomic mass is 9.83. The van der Waals surface area contributed by atoms with Gasteiger partial charge in [0.15, 0.2) is 15.5 Å². The van der Waals surface area contributed by atoms with Crippen LogP contribution in [-0.4, -0.2) is 66.0 Å². The molecule has 1 unspecified atom stereocenters. The highest BCUT2D eigenvalue weighted by molar-refractivity contribution is 7.91. The Morgan fingerprint density at radius 1 is 1.13 bits per heavy atom. The van der Waals surface area contributed by atoms with Crippen LogP contribution in [0.15, 0.2) is 29.4 Å². The molecule has 1 aromatic heterocycles. The highest BCUT2D eigenvalue weighted by Gasteiger charge is 2.64. The van der Waals surface area contributed by atoms with E-state index in [1.807, 2.05) is 0 Å². The third-order valence-electron chi connectivity index (χ3n) is 6.83. The van der Waals surface area contributed by atoms with Crippen LogP contribution in [0.5, 0.6) is 0 Å². The van der Waals surface area contributed by atoms with E-state index in [1.54, 1.807) is 12.1 Å². The van der Waals surface area contributed by atoms with E-state index in [4.69, 9.17) is 9.57 Å². The predicted molar refractivity (Wildman–Crippen MR) is 117 cm³/mol. The molecule has 1 aromatic carbocycles. The van der Waals surface area contributed by atoms with Crippen molar-refractivity contribution in [2.45, 2.75) is 36.6 Å². The molecule has 2 aromatic rings. The van der Waals surface area contributed by atoms with Crippen molar-refractivity contribution in [3.63, 3.8) is 0 Å². The zero-order valence-corrected chi connectivity index (χ0v) is 20.7. The second-order valence-electron chi connectivity index (χ2n) is 9.64. The maximum Gasteiger partial charge on any atom is 0.437 e. The number of hydrogen-bond donors (Lipinski definition) is 0. The fourth-order valence-corrected chi connectivity index (χ4v) is 5.59. The monoisotopic (exact) mass is 566 g/mol. The molecule has 3 aliphatic heterocycles. The van der Waals surface area contributed by atoms with Crippen LogP contribution in [0, 0.1) is 0 Å². The summed E-state index contributed by atoms with van der Waals surface area (Å²) in [5, 5.41) is 6.79. The molecule has 0 aliphatic carbocycles. The minimum absolute atomic E-state index is 0.0898. The van der Waals surface area contributed by atoms with E-state index in [0.717, 1.165) is 13.3 Å². The van der Waals surface area contributed by atoms with E-state index in [1.165, 1.54) is 11.0 Å². The van der Waals surface area contributed by atoms with Gasteiger partial charge >= 0.3 is 12.4 Å². The zero-order chi connectivity index (χ0) is 27.9. The Hall–Kier alpha value is -3.14. The van der Waals surface area contributed by atoms with E-state index < -0.39 is 62.9 Å². The third kappa shape index (κ3) is 4.22. The normalized spacial score (nSPS) is 22.7. The molecule has 38 heavy (non-hydrogen) atoms. The quantitative estimate of drug-likeness (QED) is 0.528. The lowest BCUT2D eigenvalue weighted by molar-refractivity contribution is -0.278. The van der Waals surface area contributed by atoms with Gasteiger partial charge in [-0.3, -0.25) is 9.48 Å². The van der Waals surface area contributed by atoms with Gasteiger partial charge in [0.1, 0.15) is 11.4 Å². The number of halogens is 6. The van der Waals surface area contributed by atoms with Crippen LogP contribution in [0.4, 0.5) is 26.3 Å². The molecule has 1 amide bonds. The molecule has 206 valence electrons. The second kappa shape index (κ2) is 8.18. The summed E-state index contributed by atoms with van der Waals surface area (Å²) in [4.78, 5) is 18.4. The first-order chi connectivity index (χ1) is 17.4. The molecule has 0 radical (unpaired) electrons. The molecule has 0 bridgehead atoms. The first-order valence-corrected chi connectivity index (χ1v) is 13.2. The summed E-state index contributed by atoms with van der Waals surface area (Å²) in [5.41, 5.74) is -4.88. The number of hydrogen-bond acceptors (Lipinski definition) is 7. The number of oxime groups is 1. The van der Waals surface area contributed by atoms with Crippen LogP contribution in [0.3, 0.4) is 0 Å². The van der Waals surface area contributed by atoms with Gasteiger partial charge in [0.05, 0.1) is 37.5 Å². The van der Waals surface area contributed by atoms with Gasteiger partial charge in [0, 0.05) is 13.3 Å². The van der Waals surface area contributed by atoms with Crippen LogP contribution in [0.2, 0.25) is 0 Å². The predicted octanol–water partition coefficient (Wildman–Crippen LogP) is 2.63. The number of fused-ring (bicyclic) bond motifs is 2. The number of carbonyl (C=O) groups is 1. The summed E-state index contributed by atoms with van der Waals surface area (Å²) in [6.07, 6.45) is -10.00. The summed E-state index contributed by atoms with van der Waals surface area (Å²) in [7, 11) is -2.54. The molecule has 9 nitrogen and oxygen atoms in total. The van der Waals surface area contributed by atoms with Crippen molar-refractivity contribution >= 4 is 21.5 Å². The standard InChI is InChI=1S/C22H20F6N4O5S/c1-31-17(6-16(29-31)21(23,24)25)20(22(26,27)28)7-15(30-37-20)12-3-4-14-13(5-12)8-36-19(14)10-32(11-19)18(33)9-38(2,34)35/h3-6H,7-11H2,1-2H3. The largest absolute Gasteiger partial charge is 0.437 e. The Kier molecular flexibility index (Phi) is 5.70. The molecule has 0 saturated carbocycles. The molecule has 1 fully saturated rings. The average Bonchev–Trinajstić information content (AvgIpc) is 3.45. The number of sulfone groups is 1. The molecular formula is C22H20F6N4O5S. The van der Waals surface area contributed by atoms with E-state index in [9.17, 15) is 39.6 Å². The highest BCUT2D eigenvalue weighted by Crippen LogP contribution is 2.50. The van der Waals surface area contributed by atoms with Gasteiger partial charge in [0.2, 0.25) is 5.91 Å². The lowest BCUT2D eigenvalue weighted by Crippen LogP contribution is -2.62. The van der Waals surface area contributed by atoms with E-state index in [2.05, 4.69) is 10.3 Å². The van der Waals surface area contributed by atoms with E-state index in [-0.39, 0.29) is 31.0 Å². The molecule has 4 heterocycles. The van der Waals surface area contributed by atoms with Gasteiger partial charge < -0.3 is 14.5 Å². The number of aryl methyl sites for hydroxylation is 1. The first kappa shape index (κ1) is 26.5. The second-order valence-corrected chi connectivity index (χ2v) is 11.8.